The third kappa shape index (κ3) is 5.61. The summed E-state index contributed by atoms with van der Waals surface area (Å²) in [7, 11) is 0. The molecule has 8 nitrogen and oxygen atoms in total. The highest BCUT2D eigenvalue weighted by atomic mass is 19.4. The first-order valence-corrected chi connectivity index (χ1v) is 12.7. The number of urea groups is 1. The first-order valence-electron chi connectivity index (χ1n) is 12.7. The number of hydrogen-bond acceptors (Lipinski definition) is 5. The zero-order valence-electron chi connectivity index (χ0n) is 21.3. The lowest BCUT2D eigenvalue weighted by atomic mass is 9.90. The lowest BCUT2D eigenvalue weighted by Gasteiger charge is -2.43. The second-order valence-electron chi connectivity index (χ2n) is 9.68. The number of alkyl halides is 3. The van der Waals surface area contributed by atoms with E-state index in [1.807, 2.05) is 16.7 Å². The van der Waals surface area contributed by atoms with Crippen LogP contribution in [0.3, 0.4) is 0 Å². The second-order valence-corrected chi connectivity index (χ2v) is 9.68. The van der Waals surface area contributed by atoms with Gasteiger partial charge in [-0.2, -0.15) is 13.2 Å². The number of halogens is 3. The van der Waals surface area contributed by atoms with E-state index < -0.39 is 29.8 Å². The van der Waals surface area contributed by atoms with E-state index >= 15 is 0 Å². The molecule has 1 aromatic carbocycles. The van der Waals surface area contributed by atoms with Crippen LogP contribution in [0, 0.1) is 5.92 Å². The molecule has 2 atom stereocenters. The van der Waals surface area contributed by atoms with Crippen molar-refractivity contribution in [3.8, 4) is 0 Å². The van der Waals surface area contributed by atoms with Gasteiger partial charge in [0.05, 0.1) is 23.8 Å². The summed E-state index contributed by atoms with van der Waals surface area (Å²) in [5.41, 5.74) is -0.829. The van der Waals surface area contributed by atoms with Crippen molar-refractivity contribution in [2.45, 2.75) is 51.9 Å². The lowest BCUT2D eigenvalue weighted by molar-refractivity contribution is -0.141. The summed E-state index contributed by atoms with van der Waals surface area (Å²) >= 11 is 0. The van der Waals surface area contributed by atoms with E-state index in [0.29, 0.717) is 25.3 Å². The molecule has 1 aromatic rings. The minimum Gasteiger partial charge on any atom is -0.463 e. The molecular weight excluding hydrogens is 489 g/mol. The van der Waals surface area contributed by atoms with Gasteiger partial charge in [0.1, 0.15) is 0 Å². The predicted molar refractivity (Wildman–Crippen MR) is 129 cm³/mol. The number of nitrogens with zero attached hydrogens (tertiary/aromatic N) is 3. The van der Waals surface area contributed by atoms with E-state index in [2.05, 4.69) is 5.32 Å². The third-order valence-electron chi connectivity index (χ3n) is 7.12. The van der Waals surface area contributed by atoms with Crippen molar-refractivity contribution in [1.29, 1.82) is 0 Å². The SMILES string of the molecule is CCOC(=O)C1=C(CN2CCN(C(=O)C3CC3)[C@@H](C)C2)N(CC)C(=O)N[C@@H]1c1ccccc1C(F)(F)F. The Morgan fingerprint density at radius 2 is 1.84 bits per heavy atom. The maximum Gasteiger partial charge on any atom is 0.416 e. The van der Waals surface area contributed by atoms with E-state index in [9.17, 15) is 27.6 Å². The molecule has 0 radical (unpaired) electrons. The van der Waals surface area contributed by atoms with Gasteiger partial charge in [-0.15, -0.1) is 0 Å². The van der Waals surface area contributed by atoms with Crippen LogP contribution in [-0.2, 0) is 20.5 Å². The van der Waals surface area contributed by atoms with E-state index in [4.69, 9.17) is 4.74 Å². The highest BCUT2D eigenvalue weighted by Crippen LogP contribution is 2.40. The number of benzene rings is 1. The molecule has 0 unspecified atom stereocenters. The smallest absolute Gasteiger partial charge is 0.416 e. The number of rotatable bonds is 7. The number of carbonyl (C=O) groups is 3. The van der Waals surface area contributed by atoms with Crippen molar-refractivity contribution >= 4 is 17.9 Å². The Bertz CT molecular complexity index is 1090. The van der Waals surface area contributed by atoms with Crippen LogP contribution in [0.4, 0.5) is 18.0 Å². The van der Waals surface area contributed by atoms with Crippen LogP contribution in [0.15, 0.2) is 35.5 Å². The molecular formula is C26H33F3N4O4. The van der Waals surface area contributed by atoms with E-state index in [-0.39, 0.29) is 48.7 Å². The number of amides is 3. The molecule has 4 rings (SSSR count). The summed E-state index contributed by atoms with van der Waals surface area (Å²) in [5.74, 6) is -0.498. The van der Waals surface area contributed by atoms with Gasteiger partial charge in [-0.1, -0.05) is 18.2 Å². The number of hydrogen-bond donors (Lipinski definition) is 1. The lowest BCUT2D eigenvalue weighted by Crippen LogP contribution is -2.56. The highest BCUT2D eigenvalue weighted by Gasteiger charge is 2.43. The Morgan fingerprint density at radius 3 is 2.43 bits per heavy atom. The Kier molecular flexibility index (Phi) is 7.82. The Hall–Kier alpha value is -3.08. The largest absolute Gasteiger partial charge is 0.463 e. The number of esters is 1. The van der Waals surface area contributed by atoms with E-state index in [0.717, 1.165) is 18.9 Å². The first kappa shape index (κ1) is 27.0. The van der Waals surface area contributed by atoms with Crippen LogP contribution >= 0.6 is 0 Å². The fourth-order valence-corrected chi connectivity index (χ4v) is 5.18. The van der Waals surface area contributed by atoms with Crippen LogP contribution in [0.2, 0.25) is 0 Å². The molecule has 2 aliphatic heterocycles. The molecule has 0 bridgehead atoms. The number of carbonyl (C=O) groups excluding carboxylic acids is 3. The number of ether oxygens (including phenoxy) is 1. The standard InChI is InChI=1S/C26H33F3N4O4/c1-4-32-20(15-31-12-13-33(16(3)14-31)23(34)17-10-11-17)21(24(35)37-5-2)22(30-25(32)36)18-8-6-7-9-19(18)26(27,28)29/h6-9,16-17,22H,4-5,10-15H2,1-3H3,(H,30,36)/t16-,22+/m0/s1. The van der Waals surface area contributed by atoms with Crippen molar-refractivity contribution in [2.75, 3.05) is 39.3 Å². The summed E-state index contributed by atoms with van der Waals surface area (Å²) < 4.78 is 47.0. The molecule has 1 aliphatic carbocycles. The first-order chi connectivity index (χ1) is 17.6. The molecule has 0 spiro atoms. The topological polar surface area (TPSA) is 82.2 Å². The van der Waals surface area contributed by atoms with Gasteiger partial charge in [-0.25, -0.2) is 9.59 Å². The molecule has 1 saturated carbocycles. The van der Waals surface area contributed by atoms with Crippen LogP contribution < -0.4 is 5.32 Å². The predicted octanol–water partition coefficient (Wildman–Crippen LogP) is 3.55. The molecule has 2 heterocycles. The molecule has 3 amide bonds. The average molecular weight is 523 g/mol. The zero-order valence-corrected chi connectivity index (χ0v) is 21.3. The summed E-state index contributed by atoms with van der Waals surface area (Å²) in [6.07, 6.45) is -2.84. The highest BCUT2D eigenvalue weighted by molar-refractivity contribution is 5.95. The Morgan fingerprint density at radius 1 is 1.14 bits per heavy atom. The van der Waals surface area contributed by atoms with Gasteiger partial charge in [0, 0.05) is 50.4 Å². The fourth-order valence-electron chi connectivity index (χ4n) is 5.18. The quantitative estimate of drug-likeness (QED) is 0.554. The van der Waals surface area contributed by atoms with Crippen LogP contribution in [0.1, 0.15) is 50.8 Å². The third-order valence-corrected chi connectivity index (χ3v) is 7.12. The Balaban J connectivity index is 1.72. The molecule has 1 saturated heterocycles. The van der Waals surface area contributed by atoms with Gasteiger partial charge < -0.3 is 15.0 Å². The van der Waals surface area contributed by atoms with Crippen molar-refractivity contribution in [3.05, 3.63) is 46.7 Å². The summed E-state index contributed by atoms with van der Waals surface area (Å²) in [4.78, 5) is 44.3. The van der Waals surface area contributed by atoms with Crippen LogP contribution in [0.25, 0.3) is 0 Å². The number of likely N-dealkylation sites (N-methyl/N-ethyl adjacent to an activating group) is 1. The van der Waals surface area contributed by atoms with E-state index in [1.165, 1.54) is 23.1 Å². The molecule has 0 aromatic heterocycles. The molecule has 37 heavy (non-hydrogen) atoms. The molecule has 2 fully saturated rings. The van der Waals surface area contributed by atoms with Gasteiger partial charge in [0.15, 0.2) is 0 Å². The van der Waals surface area contributed by atoms with Crippen LogP contribution in [0.5, 0.6) is 0 Å². The van der Waals surface area contributed by atoms with Gasteiger partial charge >= 0.3 is 18.2 Å². The summed E-state index contributed by atoms with van der Waals surface area (Å²) in [5, 5.41) is 2.61. The minimum atomic E-state index is -4.68. The van der Waals surface area contributed by atoms with E-state index in [1.54, 1.807) is 13.8 Å². The van der Waals surface area contributed by atoms with Crippen LogP contribution in [-0.4, -0.2) is 78.0 Å². The molecule has 1 N–H and O–H groups in total. The van der Waals surface area contributed by atoms with Gasteiger partial charge in [-0.3, -0.25) is 14.6 Å². The van der Waals surface area contributed by atoms with Crippen molar-refractivity contribution < 1.29 is 32.3 Å². The second kappa shape index (κ2) is 10.7. The number of piperazine rings is 1. The van der Waals surface area contributed by atoms with Crippen molar-refractivity contribution in [2.24, 2.45) is 5.92 Å². The minimum absolute atomic E-state index is 0.0101. The average Bonchev–Trinajstić information content (AvgIpc) is 3.69. The summed E-state index contributed by atoms with van der Waals surface area (Å²) in [6, 6.07) is 2.96. The molecule has 3 aliphatic rings. The molecule has 202 valence electrons. The molecule has 11 heteroatoms. The maximum atomic E-state index is 13.9. The van der Waals surface area contributed by atoms with Gasteiger partial charge in [-0.05, 0) is 45.2 Å². The zero-order chi connectivity index (χ0) is 26.9. The number of nitrogens with one attached hydrogen (secondary N) is 1. The summed E-state index contributed by atoms with van der Waals surface area (Å²) in [6.45, 7) is 7.27. The maximum absolute atomic E-state index is 13.9. The van der Waals surface area contributed by atoms with Crippen molar-refractivity contribution in [1.82, 2.24) is 20.0 Å². The van der Waals surface area contributed by atoms with Gasteiger partial charge in [0.2, 0.25) is 5.91 Å². The van der Waals surface area contributed by atoms with Crippen molar-refractivity contribution in [3.63, 3.8) is 0 Å². The normalized spacial score (nSPS) is 23.2. The van der Waals surface area contributed by atoms with Gasteiger partial charge in [0.25, 0.3) is 0 Å². The fraction of sp³-hybridized carbons (Fsp3) is 0.577. The Labute approximate surface area is 214 Å². The monoisotopic (exact) mass is 522 g/mol.